The van der Waals surface area contributed by atoms with Crippen LogP contribution in [0.5, 0.6) is 0 Å². The fraction of sp³-hybridized carbons (Fsp3) is 0.0169. The number of anilines is 3. The van der Waals surface area contributed by atoms with Crippen molar-refractivity contribution in [2.45, 2.75) is 15.2 Å². The van der Waals surface area contributed by atoms with Crippen LogP contribution >= 0.6 is 11.8 Å². The van der Waals surface area contributed by atoms with E-state index in [1.54, 1.807) is 0 Å². The molecule has 1 aliphatic heterocycles. The molecule has 11 aromatic rings. The molecule has 0 N–H and O–H groups in total. The van der Waals surface area contributed by atoms with Crippen LogP contribution in [0.15, 0.2) is 239 Å². The number of benzene rings is 10. The molecule has 0 saturated heterocycles. The van der Waals surface area contributed by atoms with Crippen LogP contribution in [0.4, 0.5) is 17.1 Å². The number of rotatable bonds is 5. The molecule has 2 aliphatic rings. The van der Waals surface area contributed by atoms with Gasteiger partial charge in [-0.15, -0.1) is 0 Å². The first kappa shape index (κ1) is 35.2. The van der Waals surface area contributed by atoms with Gasteiger partial charge in [-0.3, -0.25) is 0 Å². The molecule has 2 heterocycles. The van der Waals surface area contributed by atoms with E-state index in [-0.39, 0.29) is 0 Å². The van der Waals surface area contributed by atoms with Crippen LogP contribution in [-0.4, -0.2) is 0 Å². The van der Waals surface area contributed by atoms with Crippen molar-refractivity contribution in [1.82, 2.24) is 0 Å². The third kappa shape index (κ3) is 5.19. The van der Waals surface area contributed by atoms with Crippen LogP contribution in [0.1, 0.15) is 22.3 Å². The summed E-state index contributed by atoms with van der Waals surface area (Å²) < 4.78 is 6.52. The molecule has 0 unspecified atom stereocenters. The van der Waals surface area contributed by atoms with Crippen molar-refractivity contribution < 1.29 is 4.42 Å². The lowest BCUT2D eigenvalue weighted by molar-refractivity contribution is 0.631. The predicted octanol–water partition coefficient (Wildman–Crippen LogP) is 16.4. The number of para-hydroxylation sites is 2. The first-order valence-corrected chi connectivity index (χ1v) is 22.1. The lowest BCUT2D eigenvalue weighted by Crippen LogP contribution is -2.31. The maximum Gasteiger partial charge on any atom is 0.137 e. The van der Waals surface area contributed by atoms with E-state index in [0.29, 0.717) is 0 Å². The first-order valence-electron chi connectivity index (χ1n) is 21.2. The van der Waals surface area contributed by atoms with Gasteiger partial charge in [0.2, 0.25) is 0 Å². The van der Waals surface area contributed by atoms with Crippen molar-refractivity contribution in [2.24, 2.45) is 0 Å². The second kappa shape index (κ2) is 13.7. The fourth-order valence-electron chi connectivity index (χ4n) is 10.4. The Bertz CT molecular complexity index is 3510. The van der Waals surface area contributed by atoms with E-state index in [4.69, 9.17) is 4.42 Å². The number of furan rings is 1. The van der Waals surface area contributed by atoms with Crippen molar-refractivity contribution in [3.63, 3.8) is 0 Å². The van der Waals surface area contributed by atoms with Gasteiger partial charge in [-0.2, -0.15) is 0 Å². The van der Waals surface area contributed by atoms with Gasteiger partial charge in [-0.25, -0.2) is 0 Å². The van der Waals surface area contributed by atoms with E-state index in [1.807, 2.05) is 23.9 Å². The van der Waals surface area contributed by atoms with Crippen LogP contribution in [-0.2, 0) is 5.41 Å². The topological polar surface area (TPSA) is 16.4 Å². The molecule has 10 aromatic carbocycles. The smallest absolute Gasteiger partial charge is 0.137 e. The van der Waals surface area contributed by atoms with Crippen LogP contribution < -0.4 is 4.90 Å². The summed E-state index contributed by atoms with van der Waals surface area (Å²) >= 11 is 1.89. The van der Waals surface area contributed by atoms with Crippen LogP contribution in [0.3, 0.4) is 0 Å². The SMILES string of the molecule is c1ccc2c(c1)Sc1ccccc1C21c2ccccc2-c2ccc(-c3ccc4cc(N(c5ccccc5-c5cc6ccccc6o5)c5cccc6ccccc56)ccc4c3)cc21. The minimum absolute atomic E-state index is 0.407. The van der Waals surface area contributed by atoms with Gasteiger partial charge in [0, 0.05) is 31.8 Å². The second-order valence-corrected chi connectivity index (χ2v) is 17.5. The second-order valence-electron chi connectivity index (χ2n) is 16.4. The molecule has 1 aliphatic carbocycles. The highest BCUT2D eigenvalue weighted by Crippen LogP contribution is 2.62. The van der Waals surface area contributed by atoms with E-state index < -0.39 is 5.41 Å². The highest BCUT2D eigenvalue weighted by Gasteiger charge is 2.50. The van der Waals surface area contributed by atoms with E-state index in [2.05, 4.69) is 217 Å². The van der Waals surface area contributed by atoms with E-state index in [9.17, 15) is 0 Å². The molecule has 290 valence electrons. The molecule has 0 radical (unpaired) electrons. The molecule has 1 spiro atoms. The van der Waals surface area contributed by atoms with Crippen LogP contribution in [0.2, 0.25) is 0 Å². The molecule has 0 fully saturated rings. The van der Waals surface area contributed by atoms with Crippen LogP contribution in [0.25, 0.3) is 66.1 Å². The van der Waals surface area contributed by atoms with Crippen molar-refractivity contribution in [3.05, 3.63) is 247 Å². The summed E-state index contributed by atoms with van der Waals surface area (Å²) in [7, 11) is 0. The normalized spacial score (nSPS) is 13.2. The van der Waals surface area contributed by atoms with Gasteiger partial charge in [0.1, 0.15) is 11.3 Å². The molecule has 0 saturated carbocycles. The van der Waals surface area contributed by atoms with E-state index >= 15 is 0 Å². The fourth-order valence-corrected chi connectivity index (χ4v) is 11.6. The van der Waals surface area contributed by atoms with Gasteiger partial charge in [0.25, 0.3) is 0 Å². The Balaban J connectivity index is 0.962. The van der Waals surface area contributed by atoms with E-state index in [0.717, 1.165) is 39.4 Å². The largest absolute Gasteiger partial charge is 0.456 e. The Morgan fingerprint density at radius 2 is 0.968 bits per heavy atom. The molecule has 2 nitrogen and oxygen atoms in total. The Hall–Kier alpha value is -7.59. The zero-order valence-electron chi connectivity index (χ0n) is 33.6. The van der Waals surface area contributed by atoms with Gasteiger partial charge >= 0.3 is 0 Å². The summed E-state index contributed by atoms with van der Waals surface area (Å²) in [6.45, 7) is 0. The molecular formula is C59H37NOS. The third-order valence-electron chi connectivity index (χ3n) is 13.1. The van der Waals surface area contributed by atoms with Gasteiger partial charge in [0.15, 0.2) is 0 Å². The summed E-state index contributed by atoms with van der Waals surface area (Å²) in [4.78, 5) is 5.03. The Morgan fingerprint density at radius 3 is 1.81 bits per heavy atom. The molecule has 1 aromatic heterocycles. The highest BCUT2D eigenvalue weighted by atomic mass is 32.2. The van der Waals surface area contributed by atoms with Crippen molar-refractivity contribution in [2.75, 3.05) is 4.90 Å². The van der Waals surface area contributed by atoms with Gasteiger partial charge in [-0.1, -0.05) is 169 Å². The minimum Gasteiger partial charge on any atom is -0.456 e. The number of fused-ring (bicyclic) bond motifs is 12. The first-order chi connectivity index (χ1) is 30.7. The third-order valence-corrected chi connectivity index (χ3v) is 14.3. The molecule has 0 amide bonds. The average molecular weight is 808 g/mol. The van der Waals surface area contributed by atoms with Crippen molar-refractivity contribution in [1.29, 1.82) is 0 Å². The summed E-state index contributed by atoms with van der Waals surface area (Å²) in [5.41, 5.74) is 15.2. The maximum absolute atomic E-state index is 6.52. The zero-order valence-corrected chi connectivity index (χ0v) is 34.4. The number of nitrogens with zero attached hydrogens (tertiary/aromatic N) is 1. The van der Waals surface area contributed by atoms with Gasteiger partial charge in [0.05, 0.1) is 16.8 Å². The Kier molecular flexibility index (Phi) is 7.79. The standard InChI is InChI=1S/C59H37NOS/c1-3-17-45-38(14-1)16-13-24-53(45)60(54-23-9-5-19-48(54)56-37-43-15-2-10-25-55(43)61-56)44-32-30-40-34-39(28-29-41(40)35-44)42-31-33-47-46-18-4-6-20-49(46)59(52(47)36-42)50-21-7-11-26-57(50)62-58-27-12-8-22-51(58)59/h1-37H. The van der Waals surface area contributed by atoms with Crippen LogP contribution in [0, 0.1) is 0 Å². The molecule has 3 heteroatoms. The summed E-state index contributed by atoms with van der Waals surface area (Å²) in [5, 5.41) is 5.84. The molecular weight excluding hydrogens is 771 g/mol. The lowest BCUT2D eigenvalue weighted by atomic mass is 9.67. The average Bonchev–Trinajstić information content (AvgIpc) is 3.90. The summed E-state index contributed by atoms with van der Waals surface area (Å²) in [6, 6.07) is 82.3. The lowest BCUT2D eigenvalue weighted by Gasteiger charge is -2.39. The number of hydrogen-bond acceptors (Lipinski definition) is 3. The summed E-state index contributed by atoms with van der Waals surface area (Å²) in [6.07, 6.45) is 0. The Labute approximate surface area is 364 Å². The molecule has 62 heavy (non-hydrogen) atoms. The number of hydrogen-bond donors (Lipinski definition) is 0. The quantitative estimate of drug-likeness (QED) is 0.172. The molecule has 13 rings (SSSR count). The van der Waals surface area contributed by atoms with Gasteiger partial charge < -0.3 is 9.32 Å². The monoisotopic (exact) mass is 807 g/mol. The maximum atomic E-state index is 6.52. The predicted molar refractivity (Wildman–Crippen MR) is 258 cm³/mol. The van der Waals surface area contributed by atoms with Crippen molar-refractivity contribution in [3.8, 4) is 33.6 Å². The van der Waals surface area contributed by atoms with Crippen molar-refractivity contribution >= 4 is 61.3 Å². The van der Waals surface area contributed by atoms with E-state index in [1.165, 1.54) is 75.8 Å². The summed E-state index contributed by atoms with van der Waals surface area (Å²) in [5.74, 6) is 0.843. The molecule has 0 atom stereocenters. The zero-order chi connectivity index (χ0) is 40.8. The minimum atomic E-state index is -0.407. The highest BCUT2D eigenvalue weighted by molar-refractivity contribution is 7.99. The van der Waals surface area contributed by atoms with Gasteiger partial charge in [-0.05, 0) is 127 Å². The molecule has 0 bridgehead atoms. The Morgan fingerprint density at radius 1 is 0.371 bits per heavy atom.